The van der Waals surface area contributed by atoms with Crippen molar-refractivity contribution in [2.75, 3.05) is 19.6 Å². The zero-order chi connectivity index (χ0) is 13.0. The molecule has 4 N–H and O–H groups in total. The zero-order valence-electron chi connectivity index (χ0n) is 11.0. The number of amides is 2. The van der Waals surface area contributed by atoms with E-state index < -0.39 is 0 Å². The second kappa shape index (κ2) is 6.38. The molecule has 0 aromatic heterocycles. The third-order valence-corrected chi connectivity index (χ3v) is 4.26. The van der Waals surface area contributed by atoms with Crippen LogP contribution < -0.4 is 11.1 Å². The first kappa shape index (κ1) is 13.6. The summed E-state index contributed by atoms with van der Waals surface area (Å²) in [6.45, 7) is 2.53. The fourth-order valence-electron chi connectivity index (χ4n) is 3.09. The number of carbonyl (C=O) groups is 1. The van der Waals surface area contributed by atoms with Crippen molar-refractivity contribution in [3.8, 4) is 0 Å². The third kappa shape index (κ3) is 3.85. The minimum absolute atomic E-state index is 0.0951. The molecule has 0 bridgehead atoms. The number of nitrogens with zero attached hydrogens (tertiary/aromatic N) is 1. The van der Waals surface area contributed by atoms with Gasteiger partial charge >= 0.3 is 6.03 Å². The first-order chi connectivity index (χ1) is 8.65. The van der Waals surface area contributed by atoms with Gasteiger partial charge in [0.1, 0.15) is 0 Å². The summed E-state index contributed by atoms with van der Waals surface area (Å²) in [6.07, 6.45) is 6.15. The number of piperidine rings is 1. The lowest BCUT2D eigenvalue weighted by Gasteiger charge is -2.33. The van der Waals surface area contributed by atoms with Crippen molar-refractivity contribution in [3.05, 3.63) is 0 Å². The van der Waals surface area contributed by atoms with Gasteiger partial charge < -0.3 is 21.1 Å². The lowest BCUT2D eigenvalue weighted by Crippen LogP contribution is -2.47. The molecule has 2 rings (SSSR count). The normalized spacial score (nSPS) is 30.4. The molecule has 0 aromatic carbocycles. The summed E-state index contributed by atoms with van der Waals surface area (Å²) in [4.78, 5) is 12.7. The van der Waals surface area contributed by atoms with E-state index >= 15 is 0 Å². The summed E-state index contributed by atoms with van der Waals surface area (Å²) >= 11 is 0. The van der Waals surface area contributed by atoms with Gasteiger partial charge in [0.2, 0.25) is 0 Å². The number of rotatable bonds is 3. The van der Waals surface area contributed by atoms with Gasteiger partial charge in [-0.1, -0.05) is 6.42 Å². The Bertz CT molecular complexity index is 277. The topological polar surface area (TPSA) is 78.6 Å². The van der Waals surface area contributed by atoms with Gasteiger partial charge in [0, 0.05) is 19.1 Å². The molecule has 1 aliphatic carbocycles. The monoisotopic (exact) mass is 255 g/mol. The lowest BCUT2D eigenvalue weighted by molar-refractivity contribution is 0.0981. The molecule has 0 radical (unpaired) electrons. The van der Waals surface area contributed by atoms with Crippen LogP contribution in [0.4, 0.5) is 4.79 Å². The van der Waals surface area contributed by atoms with E-state index in [9.17, 15) is 9.90 Å². The predicted octanol–water partition coefficient (Wildman–Crippen LogP) is 0.670. The number of aliphatic hydroxyl groups excluding tert-OH is 1. The Labute approximate surface area is 109 Å². The number of nitrogens with two attached hydrogens (primary N) is 1. The molecule has 1 saturated carbocycles. The van der Waals surface area contributed by atoms with E-state index in [4.69, 9.17) is 5.73 Å². The molecule has 2 amide bonds. The molecule has 104 valence electrons. The first-order valence-electron chi connectivity index (χ1n) is 7.11. The molecule has 2 fully saturated rings. The maximum absolute atomic E-state index is 11.0. The fraction of sp³-hybridized carbons (Fsp3) is 0.923. The maximum atomic E-state index is 11.0. The van der Waals surface area contributed by atoms with Gasteiger partial charge in [0.25, 0.3) is 0 Å². The Balaban J connectivity index is 1.64. The number of hydrogen-bond donors (Lipinski definition) is 3. The Hall–Kier alpha value is -0.810. The lowest BCUT2D eigenvalue weighted by atomic mass is 9.87. The number of primary amides is 1. The molecular weight excluding hydrogens is 230 g/mol. The largest absolute Gasteiger partial charge is 0.393 e. The van der Waals surface area contributed by atoms with Crippen LogP contribution in [0.2, 0.25) is 0 Å². The highest BCUT2D eigenvalue weighted by atomic mass is 16.3. The van der Waals surface area contributed by atoms with E-state index in [1.165, 1.54) is 6.42 Å². The molecule has 2 unspecified atom stereocenters. The molecule has 0 spiro atoms. The highest BCUT2D eigenvalue weighted by Crippen LogP contribution is 2.24. The molecule has 1 heterocycles. The maximum Gasteiger partial charge on any atom is 0.314 e. The Kier molecular flexibility index (Phi) is 4.83. The van der Waals surface area contributed by atoms with Crippen LogP contribution in [0.3, 0.4) is 0 Å². The highest BCUT2D eigenvalue weighted by Gasteiger charge is 2.23. The van der Waals surface area contributed by atoms with Crippen molar-refractivity contribution in [2.24, 2.45) is 11.7 Å². The average Bonchev–Trinajstić information content (AvgIpc) is 2.37. The average molecular weight is 255 g/mol. The molecule has 18 heavy (non-hydrogen) atoms. The van der Waals surface area contributed by atoms with Gasteiger partial charge in [-0.3, -0.25) is 0 Å². The quantitative estimate of drug-likeness (QED) is 0.693. The molecule has 5 nitrogen and oxygen atoms in total. The van der Waals surface area contributed by atoms with E-state index in [2.05, 4.69) is 5.32 Å². The second-order valence-corrected chi connectivity index (χ2v) is 5.69. The van der Waals surface area contributed by atoms with Gasteiger partial charge in [-0.15, -0.1) is 0 Å². The number of carbonyl (C=O) groups excluding carboxylic acids is 1. The SMILES string of the molecule is NC(=O)N1CCC(NCC2CCCC(O)C2)CC1. The van der Waals surface area contributed by atoms with Crippen molar-refractivity contribution in [3.63, 3.8) is 0 Å². The van der Waals surface area contributed by atoms with Crippen LogP contribution in [0.15, 0.2) is 0 Å². The van der Waals surface area contributed by atoms with Gasteiger partial charge in [0.05, 0.1) is 6.10 Å². The second-order valence-electron chi connectivity index (χ2n) is 5.69. The van der Waals surface area contributed by atoms with E-state index in [1.54, 1.807) is 4.90 Å². The first-order valence-corrected chi connectivity index (χ1v) is 7.11. The minimum Gasteiger partial charge on any atom is -0.393 e. The molecule has 2 aliphatic rings. The molecule has 2 atom stereocenters. The van der Waals surface area contributed by atoms with Crippen LogP contribution in [0, 0.1) is 5.92 Å². The van der Waals surface area contributed by atoms with Crippen molar-refractivity contribution < 1.29 is 9.90 Å². The Morgan fingerprint density at radius 1 is 1.28 bits per heavy atom. The minimum atomic E-state index is -0.302. The van der Waals surface area contributed by atoms with E-state index in [1.807, 2.05) is 0 Å². The molecule has 5 heteroatoms. The number of nitrogens with one attached hydrogen (secondary N) is 1. The van der Waals surface area contributed by atoms with Crippen LogP contribution in [-0.2, 0) is 0 Å². The standard InChI is InChI=1S/C13H25N3O2/c14-13(18)16-6-4-11(5-7-16)15-9-10-2-1-3-12(17)8-10/h10-12,15,17H,1-9H2,(H2,14,18). The van der Waals surface area contributed by atoms with Crippen molar-refractivity contribution in [1.29, 1.82) is 0 Å². The summed E-state index contributed by atoms with van der Waals surface area (Å²) in [7, 11) is 0. The highest BCUT2D eigenvalue weighted by molar-refractivity contribution is 5.72. The summed E-state index contributed by atoms with van der Waals surface area (Å²) in [5.41, 5.74) is 5.26. The third-order valence-electron chi connectivity index (χ3n) is 4.26. The number of hydrogen-bond acceptors (Lipinski definition) is 3. The summed E-state index contributed by atoms with van der Waals surface area (Å²) in [5, 5.41) is 13.2. The number of urea groups is 1. The van der Waals surface area contributed by atoms with Crippen LogP contribution in [0.5, 0.6) is 0 Å². The molecule has 1 saturated heterocycles. The molecule has 0 aromatic rings. The van der Waals surface area contributed by atoms with Gasteiger partial charge in [-0.2, -0.15) is 0 Å². The molecule has 1 aliphatic heterocycles. The number of aliphatic hydroxyl groups is 1. The van der Waals surface area contributed by atoms with E-state index in [-0.39, 0.29) is 12.1 Å². The Morgan fingerprint density at radius 3 is 2.61 bits per heavy atom. The van der Waals surface area contributed by atoms with Crippen molar-refractivity contribution in [1.82, 2.24) is 10.2 Å². The van der Waals surface area contributed by atoms with E-state index in [0.29, 0.717) is 12.0 Å². The summed E-state index contributed by atoms with van der Waals surface area (Å²) in [5.74, 6) is 0.614. The smallest absolute Gasteiger partial charge is 0.314 e. The van der Waals surface area contributed by atoms with Gasteiger partial charge in [0.15, 0.2) is 0 Å². The van der Waals surface area contributed by atoms with Gasteiger partial charge in [-0.05, 0) is 44.6 Å². The van der Waals surface area contributed by atoms with Gasteiger partial charge in [-0.25, -0.2) is 4.79 Å². The Morgan fingerprint density at radius 2 is 2.00 bits per heavy atom. The number of likely N-dealkylation sites (tertiary alicyclic amines) is 1. The van der Waals surface area contributed by atoms with Crippen LogP contribution in [0.1, 0.15) is 38.5 Å². The predicted molar refractivity (Wildman–Crippen MR) is 70.1 cm³/mol. The fourth-order valence-corrected chi connectivity index (χ4v) is 3.09. The van der Waals surface area contributed by atoms with Crippen molar-refractivity contribution >= 4 is 6.03 Å². The summed E-state index contributed by atoms with van der Waals surface area (Å²) < 4.78 is 0. The van der Waals surface area contributed by atoms with Crippen molar-refractivity contribution in [2.45, 2.75) is 50.7 Å². The summed E-state index contributed by atoms with van der Waals surface area (Å²) in [6, 6.07) is 0.198. The van der Waals surface area contributed by atoms with Crippen LogP contribution in [0.25, 0.3) is 0 Å². The van der Waals surface area contributed by atoms with Crippen LogP contribution in [-0.4, -0.2) is 47.8 Å². The van der Waals surface area contributed by atoms with E-state index in [0.717, 1.165) is 51.7 Å². The zero-order valence-corrected chi connectivity index (χ0v) is 11.0. The molecular formula is C13H25N3O2. The van der Waals surface area contributed by atoms with Crippen LogP contribution >= 0.6 is 0 Å².